The highest BCUT2D eigenvalue weighted by Crippen LogP contribution is 2.29. The fourth-order valence-corrected chi connectivity index (χ4v) is 2.03. The second-order valence-corrected chi connectivity index (χ2v) is 4.36. The van der Waals surface area contributed by atoms with Crippen LogP contribution in [0.5, 0.6) is 0 Å². The summed E-state index contributed by atoms with van der Waals surface area (Å²) in [6.07, 6.45) is 0. The molecule has 0 aliphatic carbocycles. The minimum absolute atomic E-state index is 0.407. The lowest BCUT2D eigenvalue weighted by molar-refractivity contribution is 1.10. The molecule has 6 heteroatoms. The molecule has 3 nitrogen and oxygen atoms in total. The number of benzene rings is 1. The summed E-state index contributed by atoms with van der Waals surface area (Å²) < 4.78 is 0. The van der Waals surface area contributed by atoms with Gasteiger partial charge in [-0.15, -0.1) is 10.2 Å². The summed E-state index contributed by atoms with van der Waals surface area (Å²) in [5.74, 6) is 0. The summed E-state index contributed by atoms with van der Waals surface area (Å²) in [5, 5.41) is 9.61. The number of rotatable bonds is 1. The third kappa shape index (κ3) is 1.97. The number of nitrogens with zero attached hydrogens (tertiary/aromatic N) is 2. The molecule has 0 aliphatic heterocycles. The fraction of sp³-hybridized carbons (Fsp3) is 0. The summed E-state index contributed by atoms with van der Waals surface area (Å²) in [4.78, 5) is 0. The van der Waals surface area contributed by atoms with Gasteiger partial charge in [-0.05, 0) is 12.1 Å². The zero-order valence-electron chi connectivity index (χ0n) is 6.79. The van der Waals surface area contributed by atoms with Gasteiger partial charge >= 0.3 is 0 Å². The molecular weight excluding hydrogens is 241 g/mol. The van der Waals surface area contributed by atoms with Gasteiger partial charge in [0.1, 0.15) is 5.01 Å². The first-order chi connectivity index (χ1) is 6.65. The standard InChI is InChI=1S/C8H4Cl2N3S/c9-5-1-4(2-6(10)3-5)7-12-13-8(11)14-7/h1,3H,(H2,11,13). The molecule has 1 aromatic heterocycles. The highest BCUT2D eigenvalue weighted by Gasteiger charge is 2.06. The molecule has 14 heavy (non-hydrogen) atoms. The Hall–Kier alpha value is -0.840. The maximum atomic E-state index is 5.83. The quantitative estimate of drug-likeness (QED) is 0.840. The minimum atomic E-state index is 0.407. The van der Waals surface area contributed by atoms with Crippen molar-refractivity contribution in [3.8, 4) is 10.6 Å². The van der Waals surface area contributed by atoms with Crippen LogP contribution in [0, 0.1) is 6.07 Å². The van der Waals surface area contributed by atoms with Crippen LogP contribution in [0.2, 0.25) is 10.0 Å². The predicted octanol–water partition coefficient (Wildman–Crippen LogP) is 2.89. The normalized spacial score (nSPS) is 10.4. The van der Waals surface area contributed by atoms with E-state index in [1.165, 1.54) is 11.3 Å². The maximum absolute atomic E-state index is 5.83. The first kappa shape index (κ1) is 9.71. The van der Waals surface area contributed by atoms with Crippen LogP contribution in [-0.2, 0) is 0 Å². The molecule has 0 atom stereocenters. The van der Waals surface area contributed by atoms with E-state index in [2.05, 4.69) is 16.3 Å². The molecule has 1 radical (unpaired) electrons. The number of halogens is 2. The summed E-state index contributed by atoms with van der Waals surface area (Å²) in [6, 6.07) is 6.23. The molecule has 0 bridgehead atoms. The average molecular weight is 245 g/mol. The molecule has 0 aliphatic rings. The van der Waals surface area contributed by atoms with Gasteiger partial charge in [0, 0.05) is 16.7 Å². The summed E-state index contributed by atoms with van der Waals surface area (Å²) in [7, 11) is 0. The molecule has 2 aromatic rings. The van der Waals surface area contributed by atoms with Crippen molar-refractivity contribution >= 4 is 39.7 Å². The van der Waals surface area contributed by atoms with Crippen LogP contribution in [0.4, 0.5) is 5.13 Å². The Morgan fingerprint density at radius 2 is 2.07 bits per heavy atom. The number of nitrogen functional groups attached to an aromatic ring is 1. The van der Waals surface area contributed by atoms with Gasteiger partial charge < -0.3 is 5.73 Å². The van der Waals surface area contributed by atoms with E-state index in [1.54, 1.807) is 12.1 Å². The van der Waals surface area contributed by atoms with E-state index in [-0.39, 0.29) is 0 Å². The Labute approximate surface area is 94.5 Å². The Balaban J connectivity index is 2.51. The number of anilines is 1. The molecule has 0 fully saturated rings. The second kappa shape index (κ2) is 3.73. The SMILES string of the molecule is Nc1nnc(-c2[c]c(Cl)cc(Cl)c2)s1. The molecule has 1 heterocycles. The van der Waals surface area contributed by atoms with Gasteiger partial charge in [-0.2, -0.15) is 0 Å². The summed E-state index contributed by atoms with van der Waals surface area (Å²) in [5.41, 5.74) is 6.16. The minimum Gasteiger partial charge on any atom is -0.374 e. The smallest absolute Gasteiger partial charge is 0.203 e. The molecule has 71 valence electrons. The van der Waals surface area contributed by atoms with Crippen LogP contribution < -0.4 is 5.73 Å². The lowest BCUT2D eigenvalue weighted by atomic mass is 10.2. The van der Waals surface area contributed by atoms with Gasteiger partial charge in [0.25, 0.3) is 0 Å². The number of hydrogen-bond acceptors (Lipinski definition) is 4. The van der Waals surface area contributed by atoms with E-state index in [0.717, 1.165) is 0 Å². The monoisotopic (exact) mass is 244 g/mol. The molecule has 0 amide bonds. The first-order valence-corrected chi connectivity index (χ1v) is 5.20. The molecule has 0 saturated carbocycles. The average Bonchev–Trinajstić information content (AvgIpc) is 2.50. The summed E-state index contributed by atoms with van der Waals surface area (Å²) in [6.45, 7) is 0. The zero-order chi connectivity index (χ0) is 10.1. The van der Waals surface area contributed by atoms with E-state index in [4.69, 9.17) is 28.9 Å². The van der Waals surface area contributed by atoms with Gasteiger partial charge in [-0.1, -0.05) is 34.5 Å². The molecule has 2 rings (SSSR count). The zero-order valence-corrected chi connectivity index (χ0v) is 9.12. The van der Waals surface area contributed by atoms with Crippen LogP contribution in [0.1, 0.15) is 0 Å². The van der Waals surface area contributed by atoms with Crippen LogP contribution >= 0.6 is 34.5 Å². The van der Waals surface area contributed by atoms with Crippen molar-refractivity contribution in [3.63, 3.8) is 0 Å². The summed E-state index contributed by atoms with van der Waals surface area (Å²) >= 11 is 12.9. The molecular formula is C8H4Cl2N3S. The topological polar surface area (TPSA) is 51.8 Å². The van der Waals surface area contributed by atoms with Crippen molar-refractivity contribution in [3.05, 3.63) is 28.2 Å². The lowest BCUT2D eigenvalue weighted by Crippen LogP contribution is -1.80. The van der Waals surface area contributed by atoms with Gasteiger partial charge in [0.15, 0.2) is 0 Å². The van der Waals surface area contributed by atoms with Crippen molar-refractivity contribution in [1.82, 2.24) is 10.2 Å². The molecule has 1 aromatic carbocycles. The lowest BCUT2D eigenvalue weighted by Gasteiger charge is -1.96. The van der Waals surface area contributed by atoms with Crippen molar-refractivity contribution in [1.29, 1.82) is 0 Å². The van der Waals surface area contributed by atoms with Crippen LogP contribution in [-0.4, -0.2) is 10.2 Å². The highest BCUT2D eigenvalue weighted by atomic mass is 35.5. The van der Waals surface area contributed by atoms with E-state index in [0.29, 0.717) is 25.7 Å². The maximum Gasteiger partial charge on any atom is 0.203 e. The van der Waals surface area contributed by atoms with Crippen LogP contribution in [0.25, 0.3) is 10.6 Å². The Morgan fingerprint density at radius 3 is 2.64 bits per heavy atom. The van der Waals surface area contributed by atoms with Crippen molar-refractivity contribution in [2.24, 2.45) is 0 Å². The van der Waals surface area contributed by atoms with Crippen molar-refractivity contribution in [2.75, 3.05) is 5.73 Å². The number of hydrogen-bond donors (Lipinski definition) is 1. The highest BCUT2D eigenvalue weighted by molar-refractivity contribution is 7.18. The molecule has 0 saturated heterocycles. The third-order valence-electron chi connectivity index (χ3n) is 1.47. The largest absolute Gasteiger partial charge is 0.374 e. The van der Waals surface area contributed by atoms with E-state index < -0.39 is 0 Å². The van der Waals surface area contributed by atoms with Crippen LogP contribution in [0.3, 0.4) is 0 Å². The number of aromatic nitrogens is 2. The van der Waals surface area contributed by atoms with Gasteiger partial charge in [-0.25, -0.2) is 0 Å². The number of nitrogens with two attached hydrogens (primary N) is 1. The Kier molecular flexibility index (Phi) is 2.58. The third-order valence-corrected chi connectivity index (χ3v) is 2.68. The second-order valence-electron chi connectivity index (χ2n) is 2.51. The Bertz CT molecular complexity index is 449. The van der Waals surface area contributed by atoms with E-state index in [1.807, 2.05) is 0 Å². The van der Waals surface area contributed by atoms with E-state index >= 15 is 0 Å². The van der Waals surface area contributed by atoms with Gasteiger partial charge in [-0.3, -0.25) is 0 Å². The van der Waals surface area contributed by atoms with E-state index in [9.17, 15) is 0 Å². The van der Waals surface area contributed by atoms with Crippen LogP contribution in [0.15, 0.2) is 12.1 Å². The van der Waals surface area contributed by atoms with Crippen molar-refractivity contribution < 1.29 is 0 Å². The predicted molar refractivity (Wildman–Crippen MR) is 58.6 cm³/mol. The molecule has 2 N–H and O–H groups in total. The Morgan fingerprint density at radius 1 is 1.29 bits per heavy atom. The fourth-order valence-electron chi connectivity index (χ4n) is 0.960. The van der Waals surface area contributed by atoms with Gasteiger partial charge in [0.05, 0.1) is 5.02 Å². The molecule has 0 spiro atoms. The van der Waals surface area contributed by atoms with Crippen molar-refractivity contribution in [2.45, 2.75) is 0 Å². The molecule has 0 unspecified atom stereocenters. The van der Waals surface area contributed by atoms with Gasteiger partial charge in [0.2, 0.25) is 5.13 Å². The first-order valence-electron chi connectivity index (χ1n) is 3.63.